The Balaban J connectivity index is 1.59. The molecule has 0 amide bonds. The van der Waals surface area contributed by atoms with Crippen LogP contribution in [0.4, 0.5) is 0 Å². The Morgan fingerprint density at radius 2 is 1.92 bits per heavy atom. The van der Waals surface area contributed by atoms with Gasteiger partial charge in [0.1, 0.15) is 5.75 Å². The first kappa shape index (κ1) is 17.2. The van der Waals surface area contributed by atoms with Crippen molar-refractivity contribution in [3.05, 3.63) is 72.2 Å². The Bertz CT molecular complexity index is 796. The smallest absolute Gasteiger partial charge is 0.119 e. The summed E-state index contributed by atoms with van der Waals surface area (Å²) < 4.78 is 8.08. The van der Waals surface area contributed by atoms with Crippen molar-refractivity contribution in [2.24, 2.45) is 5.73 Å². The Hall–Kier alpha value is -2.59. The molecule has 0 aliphatic rings. The highest BCUT2D eigenvalue weighted by Crippen LogP contribution is 2.22. The lowest BCUT2D eigenvalue weighted by molar-refractivity contribution is 0.301. The molecule has 0 unspecified atom stereocenters. The average Bonchev–Trinajstić information content (AvgIpc) is 3.09. The van der Waals surface area contributed by atoms with Crippen LogP contribution in [0, 0.1) is 0 Å². The molecule has 1 aromatic heterocycles. The molecule has 1 heterocycles. The van der Waals surface area contributed by atoms with Crippen molar-refractivity contribution in [2.75, 3.05) is 6.61 Å². The lowest BCUT2D eigenvalue weighted by Gasteiger charge is -2.10. The summed E-state index contributed by atoms with van der Waals surface area (Å²) in [4.78, 5) is 4.63. The van der Waals surface area contributed by atoms with E-state index >= 15 is 0 Å². The molecule has 0 atom stereocenters. The van der Waals surface area contributed by atoms with Gasteiger partial charge in [0.25, 0.3) is 0 Å². The molecule has 0 spiro atoms. The van der Waals surface area contributed by atoms with Crippen LogP contribution in [0.2, 0.25) is 0 Å². The summed E-state index contributed by atoms with van der Waals surface area (Å²) in [5.74, 6) is 0.884. The maximum Gasteiger partial charge on any atom is 0.119 e. The minimum absolute atomic E-state index is 0.536. The van der Waals surface area contributed by atoms with Gasteiger partial charge in [0.15, 0.2) is 0 Å². The van der Waals surface area contributed by atoms with Gasteiger partial charge in [-0.15, -0.1) is 0 Å². The van der Waals surface area contributed by atoms with Gasteiger partial charge in [-0.1, -0.05) is 49.4 Å². The summed E-state index contributed by atoms with van der Waals surface area (Å²) >= 11 is 0. The van der Waals surface area contributed by atoms with Crippen LogP contribution in [0.25, 0.3) is 11.3 Å². The molecule has 0 radical (unpaired) electrons. The molecule has 0 saturated heterocycles. The summed E-state index contributed by atoms with van der Waals surface area (Å²) in [6, 6.07) is 18.3. The fourth-order valence-electron chi connectivity index (χ4n) is 3.00. The predicted octanol–water partition coefficient (Wildman–Crippen LogP) is 4.04. The SMILES string of the molecule is CCc1c(-c2ccccc2)ncn1CCCOc1cccc(CN)c1. The molecular weight excluding hydrogens is 310 g/mol. The van der Waals surface area contributed by atoms with Crippen molar-refractivity contribution in [2.45, 2.75) is 32.9 Å². The van der Waals surface area contributed by atoms with Gasteiger partial charge < -0.3 is 15.0 Å². The minimum atomic E-state index is 0.536. The van der Waals surface area contributed by atoms with Gasteiger partial charge in [-0.2, -0.15) is 0 Å². The highest BCUT2D eigenvalue weighted by molar-refractivity contribution is 5.61. The lowest BCUT2D eigenvalue weighted by Crippen LogP contribution is -2.07. The van der Waals surface area contributed by atoms with E-state index in [-0.39, 0.29) is 0 Å². The third-order valence-electron chi connectivity index (χ3n) is 4.27. The minimum Gasteiger partial charge on any atom is -0.494 e. The van der Waals surface area contributed by atoms with Crippen molar-refractivity contribution in [3.8, 4) is 17.0 Å². The number of rotatable bonds is 8. The normalized spacial score (nSPS) is 10.8. The monoisotopic (exact) mass is 335 g/mol. The van der Waals surface area contributed by atoms with Gasteiger partial charge in [0, 0.05) is 24.3 Å². The van der Waals surface area contributed by atoms with Crippen LogP contribution in [-0.4, -0.2) is 16.2 Å². The summed E-state index contributed by atoms with van der Waals surface area (Å²) in [5, 5.41) is 0. The van der Waals surface area contributed by atoms with Gasteiger partial charge in [0.2, 0.25) is 0 Å². The topological polar surface area (TPSA) is 53.1 Å². The number of ether oxygens (including phenoxy) is 1. The van der Waals surface area contributed by atoms with Gasteiger partial charge in [-0.3, -0.25) is 0 Å². The van der Waals surface area contributed by atoms with E-state index in [4.69, 9.17) is 10.5 Å². The Kier molecular flexibility index (Phi) is 5.86. The zero-order valence-corrected chi connectivity index (χ0v) is 14.7. The lowest BCUT2D eigenvalue weighted by atomic mass is 10.1. The molecule has 4 nitrogen and oxygen atoms in total. The Morgan fingerprint density at radius 3 is 2.68 bits per heavy atom. The van der Waals surface area contributed by atoms with E-state index in [1.54, 1.807) is 0 Å². The molecule has 2 N–H and O–H groups in total. The maximum absolute atomic E-state index is 5.85. The number of imidazole rings is 1. The first-order chi connectivity index (χ1) is 12.3. The van der Waals surface area contributed by atoms with Crippen molar-refractivity contribution >= 4 is 0 Å². The van der Waals surface area contributed by atoms with Crippen LogP contribution in [0.3, 0.4) is 0 Å². The molecule has 0 aliphatic carbocycles. The molecule has 3 rings (SSSR count). The third kappa shape index (κ3) is 4.28. The highest BCUT2D eigenvalue weighted by Gasteiger charge is 2.10. The zero-order chi connectivity index (χ0) is 17.5. The van der Waals surface area contributed by atoms with Gasteiger partial charge in [-0.25, -0.2) is 4.98 Å². The molecule has 0 fully saturated rings. The van der Waals surface area contributed by atoms with Crippen molar-refractivity contribution in [1.82, 2.24) is 9.55 Å². The summed E-state index contributed by atoms with van der Waals surface area (Å²) in [5.41, 5.74) is 10.3. The first-order valence-electron chi connectivity index (χ1n) is 8.83. The summed E-state index contributed by atoms with van der Waals surface area (Å²) in [7, 11) is 0. The molecule has 130 valence electrons. The van der Waals surface area contributed by atoms with E-state index < -0.39 is 0 Å². The van der Waals surface area contributed by atoms with Crippen molar-refractivity contribution < 1.29 is 4.74 Å². The number of hydrogen-bond acceptors (Lipinski definition) is 3. The van der Waals surface area contributed by atoms with Crippen LogP contribution in [0.1, 0.15) is 24.6 Å². The number of nitrogens with two attached hydrogens (primary N) is 1. The molecule has 3 aromatic rings. The summed E-state index contributed by atoms with van der Waals surface area (Å²) in [6.07, 6.45) is 3.84. The van der Waals surface area contributed by atoms with Crippen LogP contribution in [-0.2, 0) is 19.5 Å². The van der Waals surface area contributed by atoms with Gasteiger partial charge >= 0.3 is 0 Å². The number of aryl methyl sites for hydroxylation is 1. The van der Waals surface area contributed by atoms with E-state index in [1.807, 2.05) is 36.7 Å². The van der Waals surface area contributed by atoms with Gasteiger partial charge in [0.05, 0.1) is 18.6 Å². The first-order valence-corrected chi connectivity index (χ1v) is 8.83. The fourth-order valence-corrected chi connectivity index (χ4v) is 3.00. The van der Waals surface area contributed by atoms with Gasteiger partial charge in [-0.05, 0) is 30.5 Å². The largest absolute Gasteiger partial charge is 0.494 e. The standard InChI is InChI=1S/C21H25N3O/c1-2-20-21(18-9-4-3-5-10-18)23-16-24(20)12-7-13-25-19-11-6-8-17(14-19)15-22/h3-6,8-11,14,16H,2,7,12-13,15,22H2,1H3. The molecule has 0 aliphatic heterocycles. The molecule has 0 bridgehead atoms. The predicted molar refractivity (Wildman–Crippen MR) is 101 cm³/mol. The van der Waals surface area contributed by atoms with E-state index in [0.717, 1.165) is 36.4 Å². The van der Waals surface area contributed by atoms with Crippen LogP contribution < -0.4 is 10.5 Å². The molecule has 2 aromatic carbocycles. The number of nitrogens with zero attached hydrogens (tertiary/aromatic N) is 2. The average molecular weight is 335 g/mol. The summed E-state index contributed by atoms with van der Waals surface area (Å²) in [6.45, 7) is 4.29. The number of benzene rings is 2. The van der Waals surface area contributed by atoms with E-state index in [1.165, 1.54) is 11.3 Å². The maximum atomic E-state index is 5.85. The van der Waals surface area contributed by atoms with E-state index in [9.17, 15) is 0 Å². The van der Waals surface area contributed by atoms with Crippen molar-refractivity contribution in [3.63, 3.8) is 0 Å². The Morgan fingerprint density at radius 1 is 1.08 bits per heavy atom. The zero-order valence-electron chi connectivity index (χ0n) is 14.7. The van der Waals surface area contributed by atoms with E-state index in [0.29, 0.717) is 13.2 Å². The molecular formula is C21H25N3O. The quantitative estimate of drug-likeness (QED) is 0.632. The second-order valence-electron chi connectivity index (χ2n) is 6.01. The van der Waals surface area contributed by atoms with Crippen LogP contribution in [0.15, 0.2) is 60.9 Å². The third-order valence-corrected chi connectivity index (χ3v) is 4.27. The fraction of sp³-hybridized carbons (Fsp3) is 0.286. The second-order valence-corrected chi connectivity index (χ2v) is 6.01. The van der Waals surface area contributed by atoms with Crippen LogP contribution >= 0.6 is 0 Å². The van der Waals surface area contributed by atoms with Crippen molar-refractivity contribution in [1.29, 1.82) is 0 Å². The second kappa shape index (κ2) is 8.49. The molecule has 0 saturated carbocycles. The van der Waals surface area contributed by atoms with Crippen LogP contribution in [0.5, 0.6) is 5.75 Å². The Labute approximate surface area is 149 Å². The number of hydrogen-bond donors (Lipinski definition) is 1. The molecule has 4 heteroatoms. The highest BCUT2D eigenvalue weighted by atomic mass is 16.5. The number of aromatic nitrogens is 2. The van der Waals surface area contributed by atoms with E-state index in [2.05, 4.69) is 40.7 Å². The molecule has 25 heavy (non-hydrogen) atoms.